The maximum Gasteiger partial charge on any atom is 0.414 e. The van der Waals surface area contributed by atoms with Crippen LogP contribution in [0.1, 0.15) is 24.0 Å². The maximum absolute atomic E-state index is 9.10. The molecule has 5 rings (SSSR count). The van der Waals surface area contributed by atoms with Gasteiger partial charge in [0.1, 0.15) is 12.7 Å². The molecule has 1 aliphatic rings. The number of hydrogen-bond donors (Lipinski definition) is 3. The van der Waals surface area contributed by atoms with Gasteiger partial charge in [-0.15, -0.1) is 10.2 Å². The van der Waals surface area contributed by atoms with Gasteiger partial charge in [-0.05, 0) is 67.1 Å². The van der Waals surface area contributed by atoms with Gasteiger partial charge in [-0.2, -0.15) is 0 Å². The summed E-state index contributed by atoms with van der Waals surface area (Å²) in [4.78, 5) is 24.2. The lowest BCUT2D eigenvalue weighted by Crippen LogP contribution is -2.34. The van der Waals surface area contributed by atoms with Crippen molar-refractivity contribution < 1.29 is 24.5 Å². The highest BCUT2D eigenvalue weighted by atomic mass is 16.5. The van der Waals surface area contributed by atoms with Crippen molar-refractivity contribution in [2.45, 2.75) is 25.7 Å². The van der Waals surface area contributed by atoms with E-state index in [0.29, 0.717) is 0 Å². The number of aromatic amines is 1. The molecule has 2 aromatic heterocycles. The van der Waals surface area contributed by atoms with E-state index >= 15 is 0 Å². The summed E-state index contributed by atoms with van der Waals surface area (Å²) in [6.07, 6.45) is 9.99. The van der Waals surface area contributed by atoms with Crippen molar-refractivity contribution in [3.8, 4) is 5.69 Å². The third kappa shape index (κ3) is 7.62. The van der Waals surface area contributed by atoms with Crippen LogP contribution in [-0.4, -0.2) is 80.2 Å². The Labute approximate surface area is 226 Å². The van der Waals surface area contributed by atoms with Gasteiger partial charge in [0, 0.05) is 43.0 Å². The van der Waals surface area contributed by atoms with Gasteiger partial charge in [-0.25, -0.2) is 9.59 Å². The van der Waals surface area contributed by atoms with Crippen molar-refractivity contribution in [1.82, 2.24) is 24.6 Å². The number of carbonyl (C=O) groups is 2. The number of nitrogens with zero attached hydrogens (tertiary/aromatic N) is 4. The molecule has 0 unspecified atom stereocenters. The molecule has 0 aliphatic carbocycles. The van der Waals surface area contributed by atoms with E-state index in [1.54, 1.807) is 25.3 Å². The maximum atomic E-state index is 9.10. The van der Waals surface area contributed by atoms with Crippen molar-refractivity contribution in [3.05, 3.63) is 89.7 Å². The van der Waals surface area contributed by atoms with Crippen LogP contribution in [0.15, 0.2) is 78.5 Å². The van der Waals surface area contributed by atoms with Gasteiger partial charge >= 0.3 is 11.9 Å². The van der Waals surface area contributed by atoms with Gasteiger partial charge in [0.05, 0.1) is 6.61 Å². The lowest BCUT2D eigenvalue weighted by atomic mass is 9.94. The van der Waals surface area contributed by atoms with Crippen LogP contribution in [0.3, 0.4) is 0 Å². The minimum absolute atomic E-state index is 0.729. The zero-order valence-corrected chi connectivity index (χ0v) is 21.9. The van der Waals surface area contributed by atoms with Crippen LogP contribution in [-0.2, 0) is 27.2 Å². The minimum atomic E-state index is -1.82. The van der Waals surface area contributed by atoms with Crippen LogP contribution in [0.2, 0.25) is 0 Å². The molecule has 0 fully saturated rings. The van der Waals surface area contributed by atoms with Crippen LogP contribution in [0.5, 0.6) is 0 Å². The number of rotatable bonds is 9. The average Bonchev–Trinajstić information content (AvgIpc) is 3.62. The highest BCUT2D eigenvalue weighted by Gasteiger charge is 2.19. The van der Waals surface area contributed by atoms with Crippen LogP contribution in [0, 0.1) is 0 Å². The first-order chi connectivity index (χ1) is 18.9. The molecule has 0 amide bonds. The zero-order chi connectivity index (χ0) is 27.6. The van der Waals surface area contributed by atoms with Gasteiger partial charge in [-0.3, -0.25) is 9.47 Å². The van der Waals surface area contributed by atoms with Crippen molar-refractivity contribution in [3.63, 3.8) is 0 Å². The van der Waals surface area contributed by atoms with E-state index in [9.17, 15) is 0 Å². The number of carboxylic acids is 2. The molecule has 39 heavy (non-hydrogen) atoms. The second kappa shape index (κ2) is 13.5. The molecule has 204 valence electrons. The number of ether oxygens (including phenoxy) is 1. The summed E-state index contributed by atoms with van der Waals surface area (Å²) in [5, 5.41) is 23.9. The lowest BCUT2D eigenvalue weighted by Gasteiger charge is -2.31. The molecule has 10 heteroatoms. The average molecular weight is 532 g/mol. The Bertz CT molecular complexity index is 1400. The normalized spacial score (nSPS) is 13.8. The van der Waals surface area contributed by atoms with E-state index in [1.807, 2.05) is 4.57 Å². The molecule has 3 N–H and O–H groups in total. The van der Waals surface area contributed by atoms with Crippen molar-refractivity contribution in [1.29, 1.82) is 0 Å². The van der Waals surface area contributed by atoms with Crippen LogP contribution < -0.4 is 0 Å². The molecule has 10 nitrogen and oxygen atoms in total. The summed E-state index contributed by atoms with van der Waals surface area (Å²) in [5.74, 6) is -3.65. The molecule has 0 saturated carbocycles. The number of aromatic nitrogens is 4. The Kier molecular flexibility index (Phi) is 9.60. The first-order valence-electron chi connectivity index (χ1n) is 12.8. The molecular formula is C29H33N5O5. The van der Waals surface area contributed by atoms with Crippen molar-refractivity contribution in [2.75, 3.05) is 33.4 Å². The third-order valence-electron chi connectivity index (χ3n) is 6.79. The Morgan fingerprint density at radius 1 is 1.03 bits per heavy atom. The van der Waals surface area contributed by atoms with E-state index in [4.69, 9.17) is 24.5 Å². The summed E-state index contributed by atoms with van der Waals surface area (Å²) in [6, 6.07) is 17.2. The van der Waals surface area contributed by atoms with E-state index < -0.39 is 11.9 Å². The highest BCUT2D eigenvalue weighted by molar-refractivity contribution is 6.27. The van der Waals surface area contributed by atoms with Gasteiger partial charge in [-0.1, -0.05) is 35.9 Å². The molecule has 0 atom stereocenters. The van der Waals surface area contributed by atoms with Crippen LogP contribution in [0.25, 0.3) is 16.6 Å². The molecule has 1 aliphatic heterocycles. The summed E-state index contributed by atoms with van der Waals surface area (Å²) in [6.45, 7) is 3.97. The number of hydrogen-bond acceptors (Lipinski definition) is 6. The SMILES string of the molecule is COCC1=C(Cc2ccccc2)CCN(CCCc2c[nH]c3ccc(-n4cnnc4)cc23)C1.O=C(O)C(=O)O. The lowest BCUT2D eigenvalue weighted by molar-refractivity contribution is -0.159. The van der Waals surface area contributed by atoms with Crippen LogP contribution >= 0.6 is 0 Å². The molecular weight excluding hydrogens is 498 g/mol. The quantitative estimate of drug-likeness (QED) is 0.220. The van der Waals surface area contributed by atoms with E-state index in [0.717, 1.165) is 57.6 Å². The number of benzene rings is 2. The first-order valence-corrected chi connectivity index (χ1v) is 12.8. The number of H-pyrrole nitrogens is 1. The minimum Gasteiger partial charge on any atom is -0.473 e. The predicted molar refractivity (Wildman–Crippen MR) is 147 cm³/mol. The van der Waals surface area contributed by atoms with Gasteiger partial charge < -0.3 is 19.9 Å². The number of carboxylic acid groups (broad SMARTS) is 2. The fraction of sp³-hybridized carbons (Fsp3) is 0.310. The Balaban J connectivity index is 0.000000531. The van der Waals surface area contributed by atoms with E-state index in [1.165, 1.54) is 27.6 Å². The van der Waals surface area contributed by atoms with Crippen molar-refractivity contribution >= 4 is 22.8 Å². The Hall–Kier alpha value is -4.28. The topological polar surface area (TPSA) is 134 Å². The number of aryl methyl sites for hydroxylation is 1. The summed E-state index contributed by atoms with van der Waals surface area (Å²) in [5.41, 5.74) is 8.03. The molecule has 0 spiro atoms. The Morgan fingerprint density at radius 3 is 2.46 bits per heavy atom. The highest BCUT2D eigenvalue weighted by Crippen LogP contribution is 2.25. The van der Waals surface area contributed by atoms with Gasteiger partial charge in [0.15, 0.2) is 0 Å². The summed E-state index contributed by atoms with van der Waals surface area (Å²) < 4.78 is 7.50. The largest absolute Gasteiger partial charge is 0.473 e. The number of fused-ring (bicyclic) bond motifs is 1. The Morgan fingerprint density at radius 2 is 1.77 bits per heavy atom. The van der Waals surface area contributed by atoms with Gasteiger partial charge in [0.2, 0.25) is 0 Å². The standard InChI is InChI=1S/C27H31N5O.C2H2O4/c1-33-18-24-17-31(13-11-22(24)14-21-6-3-2-4-7-21)12-5-8-23-16-28-27-10-9-25(15-26(23)27)32-19-29-30-20-32;3-1(4)2(5)6/h2-4,6-7,9-10,15-16,19-20,28H,5,8,11-14,17-18H2,1H3;(H,3,4)(H,5,6). The summed E-state index contributed by atoms with van der Waals surface area (Å²) >= 11 is 0. The smallest absolute Gasteiger partial charge is 0.414 e. The fourth-order valence-corrected chi connectivity index (χ4v) is 4.86. The molecule has 0 radical (unpaired) electrons. The number of methoxy groups -OCH3 is 1. The fourth-order valence-electron chi connectivity index (χ4n) is 4.86. The number of nitrogens with one attached hydrogen (secondary N) is 1. The van der Waals surface area contributed by atoms with Crippen LogP contribution in [0.4, 0.5) is 0 Å². The second-order valence-corrected chi connectivity index (χ2v) is 9.46. The monoisotopic (exact) mass is 531 g/mol. The molecule has 0 saturated heterocycles. The number of aliphatic carboxylic acids is 2. The van der Waals surface area contributed by atoms with Gasteiger partial charge in [0.25, 0.3) is 0 Å². The predicted octanol–water partition coefficient (Wildman–Crippen LogP) is 3.73. The first kappa shape index (κ1) is 27.7. The molecule has 0 bridgehead atoms. The molecule has 4 aromatic rings. The third-order valence-corrected chi connectivity index (χ3v) is 6.79. The molecule has 3 heterocycles. The zero-order valence-electron chi connectivity index (χ0n) is 21.9. The van der Waals surface area contributed by atoms with E-state index in [2.05, 4.69) is 74.8 Å². The van der Waals surface area contributed by atoms with Crippen molar-refractivity contribution in [2.24, 2.45) is 0 Å². The second-order valence-electron chi connectivity index (χ2n) is 9.46. The molecule has 2 aromatic carbocycles. The van der Waals surface area contributed by atoms with E-state index in [-0.39, 0.29) is 0 Å². The summed E-state index contributed by atoms with van der Waals surface area (Å²) in [7, 11) is 1.80.